The number of hydrogen-bond donors (Lipinski definition) is 2. The van der Waals surface area contributed by atoms with Crippen LogP contribution < -0.4 is 14.9 Å². The lowest BCUT2D eigenvalue weighted by Gasteiger charge is -2.19. The number of amides is 2. The Kier molecular flexibility index (Phi) is 5.19. The number of rotatable bonds is 5. The lowest BCUT2D eigenvalue weighted by Crippen LogP contribution is -2.26. The van der Waals surface area contributed by atoms with E-state index in [9.17, 15) is 13.2 Å². The number of aromatic nitrogens is 1. The molecule has 0 saturated carbocycles. The maximum absolute atomic E-state index is 12.7. The lowest BCUT2D eigenvalue weighted by molar-refractivity contribution is 0.262. The first kappa shape index (κ1) is 17.9. The van der Waals surface area contributed by atoms with Gasteiger partial charge in [-0.25, -0.2) is 18.2 Å². The number of carbonyl (C=O) groups is 1. The summed E-state index contributed by atoms with van der Waals surface area (Å²) in [5.74, 6) is 0. The third-order valence-corrected chi connectivity index (χ3v) is 6.03. The lowest BCUT2D eigenvalue weighted by atomic mass is 10.3. The fourth-order valence-corrected chi connectivity index (χ4v) is 3.91. The summed E-state index contributed by atoms with van der Waals surface area (Å²) >= 11 is 1.30. The molecule has 0 bridgehead atoms. The zero-order valence-corrected chi connectivity index (χ0v) is 15.4. The second kappa shape index (κ2) is 7.54. The van der Waals surface area contributed by atoms with Crippen molar-refractivity contribution in [3.05, 3.63) is 66.2 Å². The smallest absolute Gasteiger partial charge is 0.308 e. The quantitative estimate of drug-likeness (QED) is 0.698. The molecular formula is C17H16N4O3S2. The zero-order valence-electron chi connectivity index (χ0n) is 13.8. The first-order chi connectivity index (χ1) is 12.5. The Balaban J connectivity index is 1.71. The Hall–Kier alpha value is -2.91. The van der Waals surface area contributed by atoms with Gasteiger partial charge < -0.3 is 5.32 Å². The highest BCUT2D eigenvalue weighted by molar-refractivity contribution is 7.92. The molecule has 9 heteroatoms. The third-order valence-electron chi connectivity index (χ3n) is 3.54. The van der Waals surface area contributed by atoms with E-state index in [1.54, 1.807) is 35.8 Å². The molecule has 1 aromatic heterocycles. The van der Waals surface area contributed by atoms with Crippen LogP contribution in [0, 0.1) is 0 Å². The average molecular weight is 388 g/mol. The topological polar surface area (TPSA) is 91.4 Å². The van der Waals surface area contributed by atoms with Gasteiger partial charge in [0.2, 0.25) is 0 Å². The van der Waals surface area contributed by atoms with E-state index in [0.717, 1.165) is 0 Å². The number of urea groups is 1. The van der Waals surface area contributed by atoms with Crippen LogP contribution >= 0.6 is 11.3 Å². The number of benzene rings is 2. The molecule has 0 spiro atoms. The van der Waals surface area contributed by atoms with E-state index in [1.165, 1.54) is 47.0 Å². The highest BCUT2D eigenvalue weighted by atomic mass is 32.2. The average Bonchev–Trinajstić information content (AvgIpc) is 3.15. The van der Waals surface area contributed by atoms with Gasteiger partial charge in [-0.05, 0) is 36.4 Å². The van der Waals surface area contributed by atoms with Crippen LogP contribution in [-0.2, 0) is 10.0 Å². The van der Waals surface area contributed by atoms with E-state index in [4.69, 9.17) is 0 Å². The van der Waals surface area contributed by atoms with Crippen molar-refractivity contribution in [3.8, 4) is 0 Å². The highest BCUT2D eigenvalue weighted by Crippen LogP contribution is 2.23. The fraction of sp³-hybridized carbons (Fsp3) is 0.0588. The van der Waals surface area contributed by atoms with E-state index >= 15 is 0 Å². The van der Waals surface area contributed by atoms with Crippen molar-refractivity contribution in [2.24, 2.45) is 0 Å². The molecule has 0 fully saturated rings. The number of sulfonamides is 1. The Morgan fingerprint density at radius 1 is 1.04 bits per heavy atom. The number of thiazole rings is 1. The van der Waals surface area contributed by atoms with Gasteiger partial charge in [0.05, 0.1) is 10.6 Å². The monoisotopic (exact) mass is 388 g/mol. The van der Waals surface area contributed by atoms with Crippen molar-refractivity contribution < 1.29 is 13.2 Å². The summed E-state index contributed by atoms with van der Waals surface area (Å²) in [6, 6.07) is 14.3. The molecule has 134 valence electrons. The standard InChI is InChI=1S/C17H16N4O3S2/c1-21(14-5-3-2-4-6-14)26(23,24)15-9-7-13(8-10-15)19-16(22)20-17-18-11-12-25-17/h2-12H,1H3,(H2,18,19,20,22). The molecule has 0 saturated heterocycles. The van der Waals surface area contributed by atoms with Crippen molar-refractivity contribution in [2.45, 2.75) is 4.90 Å². The largest absolute Gasteiger partial charge is 0.325 e. The normalized spacial score (nSPS) is 11.0. The molecule has 0 atom stereocenters. The number of carbonyl (C=O) groups excluding carboxylic acids is 1. The number of hydrogen-bond acceptors (Lipinski definition) is 5. The van der Waals surface area contributed by atoms with Crippen LogP contribution in [0.2, 0.25) is 0 Å². The van der Waals surface area contributed by atoms with Crippen molar-refractivity contribution in [2.75, 3.05) is 22.0 Å². The molecule has 2 aromatic carbocycles. The number of anilines is 3. The van der Waals surface area contributed by atoms with Crippen LogP contribution in [0.15, 0.2) is 71.1 Å². The summed E-state index contributed by atoms with van der Waals surface area (Å²) in [6.07, 6.45) is 1.59. The minimum atomic E-state index is -3.68. The highest BCUT2D eigenvalue weighted by Gasteiger charge is 2.21. The molecule has 3 rings (SSSR count). The maximum Gasteiger partial charge on any atom is 0.325 e. The molecule has 0 unspecified atom stereocenters. The molecule has 0 radical (unpaired) electrons. The van der Waals surface area contributed by atoms with Gasteiger partial charge in [0.25, 0.3) is 10.0 Å². The van der Waals surface area contributed by atoms with Crippen molar-refractivity contribution >= 4 is 43.9 Å². The predicted molar refractivity (Wildman–Crippen MR) is 103 cm³/mol. The number of para-hydroxylation sites is 1. The van der Waals surface area contributed by atoms with Gasteiger partial charge >= 0.3 is 6.03 Å². The third kappa shape index (κ3) is 4.01. The molecule has 0 aliphatic carbocycles. The van der Waals surface area contributed by atoms with Gasteiger partial charge in [-0.1, -0.05) is 18.2 Å². The summed E-state index contributed by atoms with van der Waals surface area (Å²) in [5.41, 5.74) is 1.04. The van der Waals surface area contributed by atoms with E-state index in [-0.39, 0.29) is 4.90 Å². The van der Waals surface area contributed by atoms with E-state index < -0.39 is 16.1 Å². The van der Waals surface area contributed by atoms with Gasteiger partial charge in [0, 0.05) is 24.3 Å². The molecule has 3 aromatic rings. The molecule has 1 heterocycles. The first-order valence-corrected chi connectivity index (χ1v) is 9.90. The van der Waals surface area contributed by atoms with E-state index in [1.807, 2.05) is 6.07 Å². The van der Waals surface area contributed by atoms with Crippen molar-refractivity contribution in [1.82, 2.24) is 4.98 Å². The molecule has 2 N–H and O–H groups in total. The molecule has 0 aliphatic rings. The Bertz CT molecular complexity index is 973. The second-order valence-corrected chi connectivity index (χ2v) is 8.11. The summed E-state index contributed by atoms with van der Waals surface area (Å²) in [4.78, 5) is 16.0. The number of nitrogens with zero attached hydrogens (tertiary/aromatic N) is 2. The summed E-state index contributed by atoms with van der Waals surface area (Å²) in [5, 5.41) is 7.44. The minimum Gasteiger partial charge on any atom is -0.308 e. The Morgan fingerprint density at radius 2 is 1.73 bits per heavy atom. The van der Waals surface area contributed by atoms with Gasteiger partial charge in [0.15, 0.2) is 5.13 Å². The van der Waals surface area contributed by atoms with Crippen molar-refractivity contribution in [1.29, 1.82) is 0 Å². The van der Waals surface area contributed by atoms with E-state index in [0.29, 0.717) is 16.5 Å². The SMILES string of the molecule is CN(c1ccccc1)S(=O)(=O)c1ccc(NC(=O)Nc2nccs2)cc1. The van der Waals surface area contributed by atoms with Crippen LogP contribution in [0.3, 0.4) is 0 Å². The van der Waals surface area contributed by atoms with Gasteiger partial charge in [-0.15, -0.1) is 11.3 Å². The van der Waals surface area contributed by atoms with Gasteiger partial charge in [-0.3, -0.25) is 9.62 Å². The second-order valence-electron chi connectivity index (χ2n) is 5.25. The van der Waals surface area contributed by atoms with Crippen molar-refractivity contribution in [3.63, 3.8) is 0 Å². The molecule has 7 nitrogen and oxygen atoms in total. The molecule has 26 heavy (non-hydrogen) atoms. The number of nitrogens with one attached hydrogen (secondary N) is 2. The molecule has 0 aliphatic heterocycles. The molecule has 2 amide bonds. The van der Waals surface area contributed by atoms with Crippen LogP contribution in [0.25, 0.3) is 0 Å². The van der Waals surface area contributed by atoms with Crippen LogP contribution in [0.5, 0.6) is 0 Å². The van der Waals surface area contributed by atoms with Crippen LogP contribution in [0.4, 0.5) is 21.3 Å². The zero-order chi connectivity index (χ0) is 18.6. The van der Waals surface area contributed by atoms with E-state index in [2.05, 4.69) is 15.6 Å². The summed E-state index contributed by atoms with van der Waals surface area (Å²) in [6.45, 7) is 0. The predicted octanol–water partition coefficient (Wildman–Crippen LogP) is 3.61. The fourth-order valence-electron chi connectivity index (χ4n) is 2.19. The van der Waals surface area contributed by atoms with Crippen LogP contribution in [0.1, 0.15) is 0 Å². The van der Waals surface area contributed by atoms with Gasteiger partial charge in [-0.2, -0.15) is 0 Å². The summed E-state index contributed by atoms with van der Waals surface area (Å²) in [7, 11) is -2.18. The summed E-state index contributed by atoms with van der Waals surface area (Å²) < 4.78 is 26.6. The first-order valence-electron chi connectivity index (χ1n) is 7.58. The Labute approximate surface area is 155 Å². The molecular weight excluding hydrogens is 372 g/mol. The minimum absolute atomic E-state index is 0.134. The maximum atomic E-state index is 12.7. The van der Waals surface area contributed by atoms with Gasteiger partial charge in [0.1, 0.15) is 0 Å². The van der Waals surface area contributed by atoms with Crippen LogP contribution in [-0.4, -0.2) is 26.5 Å². The Morgan fingerprint density at radius 3 is 2.35 bits per heavy atom.